The van der Waals surface area contributed by atoms with E-state index in [1.54, 1.807) is 35.6 Å². The fourth-order valence-electron chi connectivity index (χ4n) is 2.01. The average Bonchev–Trinajstić information content (AvgIpc) is 3.08. The molecular weight excluding hydrogens is 303 g/mol. The lowest BCUT2D eigenvalue weighted by atomic mass is 10.00. The summed E-state index contributed by atoms with van der Waals surface area (Å²) in [7, 11) is 0. The number of benzene rings is 1. The highest BCUT2D eigenvalue weighted by Crippen LogP contribution is 2.39. The first kappa shape index (κ1) is 14.1. The molecule has 110 valence electrons. The molecule has 0 saturated heterocycles. The Morgan fingerprint density at radius 3 is 2.29 bits per heavy atom. The van der Waals surface area contributed by atoms with Crippen LogP contribution in [0, 0.1) is 0 Å². The predicted molar refractivity (Wildman–Crippen MR) is 73.0 cm³/mol. The quantitative estimate of drug-likeness (QED) is 0.916. The number of halogens is 3. The summed E-state index contributed by atoms with van der Waals surface area (Å²) in [5.41, 5.74) is 2.58. The van der Waals surface area contributed by atoms with Gasteiger partial charge in [0, 0.05) is 0 Å². The van der Waals surface area contributed by atoms with Crippen LogP contribution >= 0.6 is 11.3 Å². The number of oxime groups is 1. The van der Waals surface area contributed by atoms with Crippen LogP contribution in [0.2, 0.25) is 0 Å². The molecule has 3 rings (SSSR count). The summed E-state index contributed by atoms with van der Waals surface area (Å²) >= 11 is 1.56. The highest BCUT2D eigenvalue weighted by atomic mass is 32.1. The maximum absolute atomic E-state index is 12.6. The lowest BCUT2D eigenvalue weighted by Crippen LogP contribution is -2.45. The van der Waals surface area contributed by atoms with Gasteiger partial charge in [-0.3, -0.25) is 0 Å². The molecular formula is C14H10F3NO2S. The lowest BCUT2D eigenvalue weighted by molar-refractivity contribution is -0.355. The fraction of sp³-hybridized carbons (Fsp3) is 0.214. The van der Waals surface area contributed by atoms with Crippen LogP contribution in [-0.4, -0.2) is 22.8 Å². The molecule has 2 heterocycles. The zero-order valence-electron chi connectivity index (χ0n) is 10.6. The van der Waals surface area contributed by atoms with Gasteiger partial charge in [0.1, 0.15) is 0 Å². The summed E-state index contributed by atoms with van der Waals surface area (Å²) in [5, 5.41) is 16.7. The summed E-state index contributed by atoms with van der Waals surface area (Å²) in [5.74, 6) is -3.23. The van der Waals surface area contributed by atoms with Crippen LogP contribution in [0.25, 0.3) is 11.1 Å². The van der Waals surface area contributed by atoms with Gasteiger partial charge >= 0.3 is 12.0 Å². The molecule has 0 spiro atoms. The first-order valence-corrected chi connectivity index (χ1v) is 7.00. The highest BCUT2D eigenvalue weighted by molar-refractivity contribution is 7.08. The normalized spacial score (nSPS) is 22.0. The number of aliphatic hydroxyl groups is 1. The molecule has 7 heteroatoms. The van der Waals surface area contributed by atoms with Crippen molar-refractivity contribution in [1.29, 1.82) is 0 Å². The van der Waals surface area contributed by atoms with E-state index < -0.39 is 18.4 Å². The summed E-state index contributed by atoms with van der Waals surface area (Å²) in [6.45, 7) is 0. The zero-order valence-corrected chi connectivity index (χ0v) is 11.4. The second kappa shape index (κ2) is 4.85. The van der Waals surface area contributed by atoms with E-state index in [0.29, 0.717) is 5.56 Å². The summed E-state index contributed by atoms with van der Waals surface area (Å²) in [4.78, 5) is 4.19. The third kappa shape index (κ3) is 2.54. The van der Waals surface area contributed by atoms with Crippen molar-refractivity contribution in [1.82, 2.24) is 0 Å². The van der Waals surface area contributed by atoms with Gasteiger partial charge < -0.3 is 9.94 Å². The smallest absolute Gasteiger partial charge is 0.350 e. The van der Waals surface area contributed by atoms with Gasteiger partial charge in [-0.15, -0.1) is 0 Å². The fourth-order valence-corrected chi connectivity index (χ4v) is 2.68. The van der Waals surface area contributed by atoms with Crippen molar-refractivity contribution in [2.45, 2.75) is 18.4 Å². The number of hydrogen-bond donors (Lipinski definition) is 1. The molecule has 0 aliphatic carbocycles. The van der Waals surface area contributed by atoms with Crippen LogP contribution < -0.4 is 0 Å². The molecule has 0 fully saturated rings. The van der Waals surface area contributed by atoms with Crippen LogP contribution in [0.4, 0.5) is 13.2 Å². The summed E-state index contributed by atoms with van der Waals surface area (Å²) in [6.07, 6.45) is -5.59. The minimum absolute atomic E-state index is 0.0756. The Balaban J connectivity index is 1.80. The standard InChI is InChI=1S/C14H10F3NO2S/c15-14(16,17)13(19)7-12(18-20-13)10-3-1-9(2-4-10)11-5-6-21-8-11/h1-6,8,19H,7H2. The van der Waals surface area contributed by atoms with E-state index in [2.05, 4.69) is 9.99 Å². The molecule has 1 atom stereocenters. The molecule has 1 N–H and O–H groups in total. The average molecular weight is 313 g/mol. The van der Waals surface area contributed by atoms with E-state index in [1.165, 1.54) is 0 Å². The number of nitrogens with zero attached hydrogens (tertiary/aromatic N) is 1. The minimum Gasteiger partial charge on any atom is -0.350 e. The molecule has 3 nitrogen and oxygen atoms in total. The molecule has 0 radical (unpaired) electrons. The minimum atomic E-state index is -4.88. The maximum atomic E-state index is 12.6. The Bertz CT molecular complexity index is 665. The van der Waals surface area contributed by atoms with Crippen molar-refractivity contribution in [3.05, 3.63) is 46.7 Å². The highest BCUT2D eigenvalue weighted by Gasteiger charge is 2.60. The van der Waals surface area contributed by atoms with Crippen LogP contribution in [0.15, 0.2) is 46.2 Å². The number of hydrogen-bond acceptors (Lipinski definition) is 4. The summed E-state index contributed by atoms with van der Waals surface area (Å²) < 4.78 is 37.9. The largest absolute Gasteiger partial charge is 0.458 e. The Labute approximate surface area is 122 Å². The van der Waals surface area contributed by atoms with Crippen molar-refractivity contribution in [2.24, 2.45) is 5.16 Å². The van der Waals surface area contributed by atoms with Gasteiger partial charge in [-0.05, 0) is 33.5 Å². The van der Waals surface area contributed by atoms with Gasteiger partial charge in [0.25, 0.3) is 0 Å². The molecule has 21 heavy (non-hydrogen) atoms. The Hall–Kier alpha value is -1.86. The van der Waals surface area contributed by atoms with Crippen LogP contribution in [-0.2, 0) is 4.84 Å². The number of rotatable bonds is 2. The van der Waals surface area contributed by atoms with E-state index in [0.717, 1.165) is 11.1 Å². The van der Waals surface area contributed by atoms with Gasteiger partial charge in [-0.2, -0.15) is 24.5 Å². The Kier molecular flexibility index (Phi) is 3.26. The van der Waals surface area contributed by atoms with Gasteiger partial charge in [0.2, 0.25) is 0 Å². The van der Waals surface area contributed by atoms with Gasteiger partial charge in [-0.1, -0.05) is 29.4 Å². The Morgan fingerprint density at radius 2 is 1.76 bits per heavy atom. The summed E-state index contributed by atoms with van der Waals surface area (Å²) in [6, 6.07) is 8.88. The van der Waals surface area contributed by atoms with Crippen molar-refractivity contribution in [2.75, 3.05) is 0 Å². The third-order valence-electron chi connectivity index (χ3n) is 3.23. The second-order valence-corrected chi connectivity index (χ2v) is 5.46. The van der Waals surface area contributed by atoms with E-state index in [9.17, 15) is 18.3 Å². The molecule has 0 bridgehead atoms. The number of alkyl halides is 3. The van der Waals surface area contributed by atoms with Crippen molar-refractivity contribution < 1.29 is 23.1 Å². The first-order valence-electron chi connectivity index (χ1n) is 6.06. The molecule has 1 aromatic carbocycles. The molecule has 2 aromatic rings. The second-order valence-electron chi connectivity index (χ2n) is 4.68. The topological polar surface area (TPSA) is 41.8 Å². The van der Waals surface area contributed by atoms with Gasteiger partial charge in [-0.25, -0.2) is 0 Å². The molecule has 0 amide bonds. The van der Waals surface area contributed by atoms with E-state index in [1.807, 2.05) is 16.8 Å². The first-order chi connectivity index (χ1) is 9.89. The number of thiophene rings is 1. The molecule has 1 unspecified atom stereocenters. The van der Waals surface area contributed by atoms with Crippen LogP contribution in [0.3, 0.4) is 0 Å². The van der Waals surface area contributed by atoms with Crippen molar-refractivity contribution in [3.8, 4) is 11.1 Å². The zero-order chi connectivity index (χ0) is 15.1. The molecule has 1 aromatic heterocycles. The lowest BCUT2D eigenvalue weighted by Gasteiger charge is -2.22. The van der Waals surface area contributed by atoms with Crippen LogP contribution in [0.1, 0.15) is 12.0 Å². The monoisotopic (exact) mass is 313 g/mol. The van der Waals surface area contributed by atoms with Crippen molar-refractivity contribution in [3.63, 3.8) is 0 Å². The van der Waals surface area contributed by atoms with Gasteiger partial charge in [0.05, 0.1) is 12.1 Å². The maximum Gasteiger partial charge on any atom is 0.458 e. The molecule has 1 aliphatic rings. The van der Waals surface area contributed by atoms with Gasteiger partial charge in [0.15, 0.2) is 0 Å². The van der Waals surface area contributed by atoms with Crippen LogP contribution in [0.5, 0.6) is 0 Å². The molecule has 1 aliphatic heterocycles. The SMILES string of the molecule is OC1(C(F)(F)F)CC(c2ccc(-c3ccsc3)cc2)=NO1. The van der Waals surface area contributed by atoms with E-state index in [-0.39, 0.29) is 5.71 Å². The molecule has 0 saturated carbocycles. The van der Waals surface area contributed by atoms with E-state index >= 15 is 0 Å². The van der Waals surface area contributed by atoms with Crippen molar-refractivity contribution >= 4 is 17.0 Å². The van der Waals surface area contributed by atoms with E-state index in [4.69, 9.17) is 0 Å². The predicted octanol–water partition coefficient (Wildman–Crippen LogP) is 3.79. The Morgan fingerprint density at radius 1 is 1.10 bits per heavy atom. The third-order valence-corrected chi connectivity index (χ3v) is 3.91.